The molecule has 0 saturated carbocycles. The van der Waals surface area contributed by atoms with E-state index in [-0.39, 0.29) is 22.3 Å². The van der Waals surface area contributed by atoms with E-state index < -0.39 is 23.6 Å². The molecule has 1 aromatic carbocycles. The largest absolute Gasteiger partial charge is 0.433 e. The molecule has 0 N–H and O–H groups in total. The fourth-order valence-electron chi connectivity index (χ4n) is 2.25. The second kappa shape index (κ2) is 7.78. The Hall–Kier alpha value is -2.62. The number of hydrogen-bond acceptors (Lipinski definition) is 4. The van der Waals surface area contributed by atoms with E-state index >= 15 is 0 Å². The lowest BCUT2D eigenvalue weighted by Crippen LogP contribution is -2.10. The molecule has 0 amide bonds. The number of aromatic nitrogens is 3. The van der Waals surface area contributed by atoms with Crippen LogP contribution >= 0.6 is 11.8 Å². The van der Waals surface area contributed by atoms with Crippen LogP contribution in [-0.2, 0) is 18.1 Å². The number of nitrogens with zero attached hydrogens (tertiary/aromatic N) is 3. The van der Waals surface area contributed by atoms with Gasteiger partial charge in [0.2, 0.25) is 0 Å². The predicted molar refractivity (Wildman–Crippen MR) is 91.3 cm³/mol. The second-order valence-electron chi connectivity index (χ2n) is 5.61. The Balaban J connectivity index is 1.90. The minimum absolute atomic E-state index is 0.0135. The van der Waals surface area contributed by atoms with Crippen molar-refractivity contribution in [2.45, 2.75) is 23.1 Å². The Morgan fingerprint density at radius 1 is 0.821 bits per heavy atom. The van der Waals surface area contributed by atoms with Gasteiger partial charge in [0.05, 0.1) is 5.56 Å². The smallest absolute Gasteiger partial charge is 0.253 e. The first kappa shape index (κ1) is 20.1. The standard InChI is InChI=1S/C18H11F6N3S/c19-17(20,21)12-5-3-4-11(8-12)10-28-15-9-14(18(22,23)24)26-16(27-15)13-6-1-2-7-25-13/h1-9H,10H2. The summed E-state index contributed by atoms with van der Waals surface area (Å²) in [4.78, 5) is 11.5. The van der Waals surface area contributed by atoms with Crippen molar-refractivity contribution in [1.82, 2.24) is 15.0 Å². The Morgan fingerprint density at radius 2 is 1.61 bits per heavy atom. The highest BCUT2D eigenvalue weighted by Crippen LogP contribution is 2.34. The van der Waals surface area contributed by atoms with E-state index in [1.54, 1.807) is 12.1 Å². The quantitative estimate of drug-likeness (QED) is 0.304. The van der Waals surface area contributed by atoms with Gasteiger partial charge >= 0.3 is 12.4 Å². The van der Waals surface area contributed by atoms with Crippen LogP contribution in [0.3, 0.4) is 0 Å². The van der Waals surface area contributed by atoms with Gasteiger partial charge < -0.3 is 0 Å². The molecular weight excluding hydrogens is 404 g/mol. The van der Waals surface area contributed by atoms with E-state index in [0.29, 0.717) is 5.56 Å². The number of benzene rings is 1. The highest BCUT2D eigenvalue weighted by atomic mass is 32.2. The maximum atomic E-state index is 13.2. The minimum atomic E-state index is -4.70. The molecule has 10 heteroatoms. The summed E-state index contributed by atoms with van der Waals surface area (Å²) in [6.45, 7) is 0. The van der Waals surface area contributed by atoms with Crippen LogP contribution in [-0.4, -0.2) is 15.0 Å². The Labute approximate surface area is 159 Å². The molecule has 28 heavy (non-hydrogen) atoms. The van der Waals surface area contributed by atoms with Crippen molar-refractivity contribution in [2.24, 2.45) is 0 Å². The summed E-state index contributed by atoms with van der Waals surface area (Å²) in [6, 6.07) is 10.0. The van der Waals surface area contributed by atoms with Crippen LogP contribution in [0.15, 0.2) is 59.8 Å². The highest BCUT2D eigenvalue weighted by molar-refractivity contribution is 7.98. The molecule has 0 aliphatic carbocycles. The summed E-state index contributed by atoms with van der Waals surface area (Å²) in [5.74, 6) is -0.193. The minimum Gasteiger partial charge on any atom is -0.253 e. The number of rotatable bonds is 4. The lowest BCUT2D eigenvalue weighted by Gasteiger charge is -2.11. The SMILES string of the molecule is FC(F)(F)c1cccc(CSc2cc(C(F)(F)F)nc(-c3ccccn3)n2)c1. The van der Waals surface area contributed by atoms with Crippen molar-refractivity contribution < 1.29 is 26.3 Å². The van der Waals surface area contributed by atoms with E-state index in [1.807, 2.05) is 0 Å². The topological polar surface area (TPSA) is 38.7 Å². The molecule has 2 aromatic heterocycles. The molecular formula is C18H11F6N3S. The summed E-state index contributed by atoms with van der Waals surface area (Å²) < 4.78 is 77.9. The average Bonchev–Trinajstić information content (AvgIpc) is 2.66. The molecule has 0 fully saturated rings. The third kappa shape index (κ3) is 5.00. The monoisotopic (exact) mass is 415 g/mol. The van der Waals surface area contributed by atoms with Gasteiger partial charge in [0.1, 0.15) is 16.4 Å². The Morgan fingerprint density at radius 3 is 2.25 bits per heavy atom. The predicted octanol–water partition coefficient (Wildman–Crippen LogP) is 5.87. The van der Waals surface area contributed by atoms with Crippen LogP contribution in [0.5, 0.6) is 0 Å². The van der Waals surface area contributed by atoms with Crippen molar-refractivity contribution in [3.63, 3.8) is 0 Å². The average molecular weight is 415 g/mol. The molecule has 0 aliphatic rings. The molecule has 0 spiro atoms. The summed E-state index contributed by atoms with van der Waals surface area (Å²) in [5.41, 5.74) is -1.49. The normalized spacial score (nSPS) is 12.2. The number of alkyl halides is 6. The maximum Gasteiger partial charge on any atom is 0.433 e. The molecule has 2 heterocycles. The number of halogens is 6. The zero-order valence-electron chi connectivity index (χ0n) is 13.9. The van der Waals surface area contributed by atoms with Gasteiger partial charge in [-0.3, -0.25) is 4.98 Å². The van der Waals surface area contributed by atoms with Gasteiger partial charge in [-0.2, -0.15) is 26.3 Å². The van der Waals surface area contributed by atoms with Crippen molar-refractivity contribution in [2.75, 3.05) is 0 Å². The zero-order chi connectivity index (χ0) is 20.4. The van der Waals surface area contributed by atoms with E-state index in [0.717, 1.165) is 30.0 Å². The fourth-order valence-corrected chi connectivity index (χ4v) is 3.09. The van der Waals surface area contributed by atoms with E-state index in [9.17, 15) is 26.3 Å². The van der Waals surface area contributed by atoms with Gasteiger partial charge in [-0.15, -0.1) is 11.8 Å². The lowest BCUT2D eigenvalue weighted by atomic mass is 10.1. The van der Waals surface area contributed by atoms with Crippen LogP contribution in [0.4, 0.5) is 26.3 Å². The number of hydrogen-bond donors (Lipinski definition) is 0. The van der Waals surface area contributed by atoms with Gasteiger partial charge in [0.15, 0.2) is 5.82 Å². The van der Waals surface area contributed by atoms with Crippen LogP contribution in [0.2, 0.25) is 0 Å². The van der Waals surface area contributed by atoms with Gasteiger partial charge in [-0.1, -0.05) is 24.3 Å². The number of thioether (sulfide) groups is 1. The lowest BCUT2D eigenvalue weighted by molar-refractivity contribution is -0.141. The molecule has 0 bridgehead atoms. The maximum absolute atomic E-state index is 13.2. The van der Waals surface area contributed by atoms with Crippen LogP contribution < -0.4 is 0 Å². The molecule has 0 saturated heterocycles. The van der Waals surface area contributed by atoms with Crippen LogP contribution in [0.1, 0.15) is 16.8 Å². The van der Waals surface area contributed by atoms with Gasteiger partial charge in [-0.25, -0.2) is 9.97 Å². The number of pyridine rings is 1. The first-order chi connectivity index (χ1) is 13.1. The van der Waals surface area contributed by atoms with Gasteiger partial charge in [0.25, 0.3) is 0 Å². The first-order valence-corrected chi connectivity index (χ1v) is 8.78. The summed E-state index contributed by atoms with van der Waals surface area (Å²) >= 11 is 0.886. The van der Waals surface area contributed by atoms with Crippen molar-refractivity contribution >= 4 is 11.8 Å². The zero-order valence-corrected chi connectivity index (χ0v) is 14.7. The molecule has 3 aromatic rings. The molecule has 0 radical (unpaired) electrons. The molecule has 0 atom stereocenters. The Kier molecular flexibility index (Phi) is 5.59. The summed E-state index contributed by atoms with van der Waals surface area (Å²) in [6.07, 6.45) is -7.79. The van der Waals surface area contributed by atoms with Crippen LogP contribution in [0, 0.1) is 0 Å². The first-order valence-electron chi connectivity index (χ1n) is 7.79. The fraction of sp³-hybridized carbons (Fsp3) is 0.167. The van der Waals surface area contributed by atoms with Gasteiger partial charge in [-0.05, 0) is 23.8 Å². The summed E-state index contributed by atoms with van der Waals surface area (Å²) in [7, 11) is 0. The molecule has 0 unspecified atom stereocenters. The summed E-state index contributed by atoms with van der Waals surface area (Å²) in [5, 5.41) is -0.0135. The third-order valence-corrected chi connectivity index (χ3v) is 4.51. The van der Waals surface area contributed by atoms with Crippen molar-refractivity contribution in [1.29, 1.82) is 0 Å². The van der Waals surface area contributed by atoms with E-state index in [1.165, 1.54) is 24.4 Å². The van der Waals surface area contributed by atoms with Crippen molar-refractivity contribution in [3.05, 3.63) is 71.5 Å². The van der Waals surface area contributed by atoms with E-state index in [4.69, 9.17) is 0 Å². The highest BCUT2D eigenvalue weighted by Gasteiger charge is 2.34. The van der Waals surface area contributed by atoms with E-state index in [2.05, 4.69) is 15.0 Å². The van der Waals surface area contributed by atoms with Gasteiger partial charge in [0, 0.05) is 18.0 Å². The molecule has 3 nitrogen and oxygen atoms in total. The molecule has 3 rings (SSSR count). The van der Waals surface area contributed by atoms with Crippen LogP contribution in [0.25, 0.3) is 11.5 Å². The second-order valence-corrected chi connectivity index (χ2v) is 6.61. The molecule has 0 aliphatic heterocycles. The Bertz CT molecular complexity index is 958. The third-order valence-electron chi connectivity index (χ3n) is 3.53. The molecule has 146 valence electrons. The van der Waals surface area contributed by atoms with Crippen molar-refractivity contribution in [3.8, 4) is 11.5 Å².